The average molecular weight is 346 g/mol. The Morgan fingerprint density at radius 1 is 1.32 bits per heavy atom. The zero-order chi connectivity index (χ0) is 14.0. The van der Waals surface area contributed by atoms with Gasteiger partial charge in [-0.25, -0.2) is 8.42 Å². The summed E-state index contributed by atoms with van der Waals surface area (Å²) >= 11 is 3.35. The van der Waals surface area contributed by atoms with E-state index in [1.807, 2.05) is 13.0 Å². The van der Waals surface area contributed by atoms with Crippen molar-refractivity contribution >= 4 is 25.8 Å². The summed E-state index contributed by atoms with van der Waals surface area (Å²) in [5.74, 6) is 0.150. The lowest BCUT2D eigenvalue weighted by Crippen LogP contribution is -2.36. The molecule has 1 fully saturated rings. The molecule has 1 aliphatic rings. The van der Waals surface area contributed by atoms with E-state index in [0.717, 1.165) is 19.4 Å². The van der Waals surface area contributed by atoms with E-state index < -0.39 is 9.84 Å². The Hall–Kier alpha value is -0.390. The van der Waals surface area contributed by atoms with E-state index in [-0.39, 0.29) is 11.2 Å². The molecule has 0 saturated heterocycles. The summed E-state index contributed by atoms with van der Waals surface area (Å²) < 4.78 is 26.2. The Morgan fingerprint density at radius 2 is 2.00 bits per heavy atom. The summed E-state index contributed by atoms with van der Waals surface area (Å²) in [6.07, 6.45) is 1.67. The van der Waals surface area contributed by atoms with E-state index in [0.29, 0.717) is 15.4 Å². The quantitative estimate of drug-likeness (QED) is 0.912. The van der Waals surface area contributed by atoms with Gasteiger partial charge in [-0.15, -0.1) is 0 Å². The highest BCUT2D eigenvalue weighted by Gasteiger charge is 2.41. The lowest BCUT2D eigenvalue weighted by Gasteiger charge is -2.22. The third-order valence-corrected chi connectivity index (χ3v) is 7.38. The van der Waals surface area contributed by atoms with Gasteiger partial charge in [-0.3, -0.25) is 0 Å². The Balaban J connectivity index is 2.29. The van der Waals surface area contributed by atoms with Crippen LogP contribution in [-0.2, 0) is 9.84 Å². The van der Waals surface area contributed by atoms with Crippen LogP contribution < -0.4 is 5.32 Å². The number of halogens is 1. The van der Waals surface area contributed by atoms with Gasteiger partial charge < -0.3 is 5.32 Å². The van der Waals surface area contributed by atoms with Crippen molar-refractivity contribution < 1.29 is 8.42 Å². The second-order valence-electron chi connectivity index (χ2n) is 5.11. The molecule has 3 unspecified atom stereocenters. The van der Waals surface area contributed by atoms with Gasteiger partial charge in [-0.05, 0) is 53.4 Å². The smallest absolute Gasteiger partial charge is 0.182 e. The third-order valence-electron chi connectivity index (χ3n) is 3.99. The van der Waals surface area contributed by atoms with E-state index in [1.165, 1.54) is 0 Å². The normalized spacial score (nSPS) is 27.6. The van der Waals surface area contributed by atoms with E-state index in [9.17, 15) is 8.42 Å². The van der Waals surface area contributed by atoms with Crippen LogP contribution >= 0.6 is 15.9 Å². The van der Waals surface area contributed by atoms with Gasteiger partial charge in [0, 0.05) is 10.5 Å². The van der Waals surface area contributed by atoms with Crippen molar-refractivity contribution in [3.05, 3.63) is 28.7 Å². The molecule has 5 heteroatoms. The third kappa shape index (κ3) is 2.88. The standard InChI is InChI=1S/C14H20BrNO2S/c1-3-16-12-8-9-13(10(12)2)19(17,18)14-7-5-4-6-11(14)15/h4-7,10,12-13,16H,3,8-9H2,1-2H3. The van der Waals surface area contributed by atoms with Crippen LogP contribution in [0.4, 0.5) is 0 Å². The van der Waals surface area contributed by atoms with Crippen LogP contribution in [0, 0.1) is 5.92 Å². The molecule has 19 heavy (non-hydrogen) atoms. The van der Waals surface area contributed by atoms with Crippen LogP contribution in [-0.4, -0.2) is 26.3 Å². The second-order valence-corrected chi connectivity index (χ2v) is 8.10. The molecule has 3 nitrogen and oxygen atoms in total. The highest BCUT2D eigenvalue weighted by atomic mass is 79.9. The van der Waals surface area contributed by atoms with Crippen LogP contribution in [0.1, 0.15) is 26.7 Å². The van der Waals surface area contributed by atoms with Crippen molar-refractivity contribution in [2.45, 2.75) is 42.9 Å². The molecule has 0 bridgehead atoms. The molecule has 1 aromatic carbocycles. The number of hydrogen-bond acceptors (Lipinski definition) is 3. The molecule has 0 aliphatic heterocycles. The predicted octanol–water partition coefficient (Wildman–Crippen LogP) is 3.00. The van der Waals surface area contributed by atoms with Crippen LogP contribution in [0.15, 0.2) is 33.6 Å². The first-order valence-corrected chi connectivity index (χ1v) is 9.04. The summed E-state index contributed by atoms with van der Waals surface area (Å²) in [6, 6.07) is 7.40. The summed E-state index contributed by atoms with van der Waals surface area (Å²) in [6.45, 7) is 4.98. The fourth-order valence-corrected chi connectivity index (χ4v) is 6.05. The number of benzene rings is 1. The monoisotopic (exact) mass is 345 g/mol. The largest absolute Gasteiger partial charge is 0.314 e. The molecule has 3 atom stereocenters. The molecule has 0 heterocycles. The number of nitrogens with one attached hydrogen (secondary N) is 1. The lowest BCUT2D eigenvalue weighted by atomic mass is 10.1. The van der Waals surface area contributed by atoms with Gasteiger partial charge in [0.25, 0.3) is 0 Å². The van der Waals surface area contributed by atoms with Crippen molar-refractivity contribution in [2.75, 3.05) is 6.54 Å². The van der Waals surface area contributed by atoms with Crippen molar-refractivity contribution in [1.29, 1.82) is 0 Å². The van der Waals surface area contributed by atoms with E-state index in [2.05, 4.69) is 28.2 Å². The fourth-order valence-electron chi connectivity index (χ4n) is 2.96. The van der Waals surface area contributed by atoms with Crippen LogP contribution in [0.25, 0.3) is 0 Å². The molecule has 2 rings (SSSR count). The van der Waals surface area contributed by atoms with Gasteiger partial charge in [0.1, 0.15) is 0 Å². The van der Waals surface area contributed by atoms with E-state index in [1.54, 1.807) is 18.2 Å². The molecule has 1 N–H and O–H groups in total. The van der Waals surface area contributed by atoms with Crippen molar-refractivity contribution in [2.24, 2.45) is 5.92 Å². The molecule has 0 aromatic heterocycles. The molecule has 1 aliphatic carbocycles. The minimum Gasteiger partial charge on any atom is -0.314 e. The molecular weight excluding hydrogens is 326 g/mol. The maximum Gasteiger partial charge on any atom is 0.182 e. The highest BCUT2D eigenvalue weighted by molar-refractivity contribution is 9.10. The second kappa shape index (κ2) is 5.94. The molecule has 1 aromatic rings. The first-order valence-electron chi connectivity index (χ1n) is 6.70. The molecule has 106 valence electrons. The first kappa shape index (κ1) is 15.0. The van der Waals surface area contributed by atoms with E-state index in [4.69, 9.17) is 0 Å². The summed E-state index contributed by atoms with van der Waals surface area (Å²) in [4.78, 5) is 0.420. The fraction of sp³-hybridized carbons (Fsp3) is 0.571. The van der Waals surface area contributed by atoms with Crippen molar-refractivity contribution in [3.63, 3.8) is 0 Å². The van der Waals surface area contributed by atoms with Gasteiger partial charge in [-0.2, -0.15) is 0 Å². The molecule has 0 radical (unpaired) electrons. The molecule has 1 saturated carbocycles. The topological polar surface area (TPSA) is 46.2 Å². The summed E-state index contributed by atoms with van der Waals surface area (Å²) in [7, 11) is -3.26. The molecule has 0 amide bonds. The maximum absolute atomic E-state index is 12.8. The molecular formula is C14H20BrNO2S. The van der Waals surface area contributed by atoms with Gasteiger partial charge in [0.2, 0.25) is 0 Å². The van der Waals surface area contributed by atoms with Gasteiger partial charge in [-0.1, -0.05) is 26.0 Å². The summed E-state index contributed by atoms with van der Waals surface area (Å²) in [5, 5.41) is 3.10. The minimum absolute atomic E-state index is 0.150. The zero-order valence-corrected chi connectivity index (χ0v) is 13.7. The Bertz CT molecular complexity index is 544. The Morgan fingerprint density at radius 3 is 2.63 bits per heavy atom. The van der Waals surface area contributed by atoms with Crippen molar-refractivity contribution in [1.82, 2.24) is 5.32 Å². The minimum atomic E-state index is -3.26. The average Bonchev–Trinajstić information content (AvgIpc) is 2.72. The van der Waals surface area contributed by atoms with E-state index >= 15 is 0 Å². The zero-order valence-electron chi connectivity index (χ0n) is 11.3. The molecule has 0 spiro atoms. The maximum atomic E-state index is 12.8. The first-order chi connectivity index (χ1) is 8.98. The number of sulfone groups is 1. The number of rotatable bonds is 4. The lowest BCUT2D eigenvalue weighted by molar-refractivity contribution is 0.433. The van der Waals surface area contributed by atoms with Gasteiger partial charge in [0.15, 0.2) is 9.84 Å². The van der Waals surface area contributed by atoms with Crippen molar-refractivity contribution in [3.8, 4) is 0 Å². The highest BCUT2D eigenvalue weighted by Crippen LogP contribution is 2.36. The Kier molecular flexibility index (Phi) is 4.69. The summed E-state index contributed by atoms with van der Waals surface area (Å²) in [5.41, 5.74) is 0. The predicted molar refractivity (Wildman–Crippen MR) is 81.0 cm³/mol. The van der Waals surface area contributed by atoms with Crippen LogP contribution in [0.5, 0.6) is 0 Å². The number of hydrogen-bond donors (Lipinski definition) is 1. The Labute approximate surface area is 123 Å². The SMILES string of the molecule is CCNC1CCC(S(=O)(=O)c2ccccc2Br)C1C. The van der Waals surface area contributed by atoms with Gasteiger partial charge >= 0.3 is 0 Å². The van der Waals surface area contributed by atoms with Crippen LogP contribution in [0.2, 0.25) is 0 Å². The van der Waals surface area contributed by atoms with Gasteiger partial charge in [0.05, 0.1) is 10.1 Å². The van der Waals surface area contributed by atoms with Crippen LogP contribution in [0.3, 0.4) is 0 Å².